The molecular weight excluding hydrogens is 431 g/mol. The molecule has 0 unspecified atom stereocenters. The minimum absolute atomic E-state index is 0.0479. The van der Waals surface area contributed by atoms with E-state index in [9.17, 15) is 18.0 Å². The van der Waals surface area contributed by atoms with Crippen LogP contribution in [0.25, 0.3) is 0 Å². The molecule has 0 atom stereocenters. The molecule has 0 bridgehead atoms. The zero-order valence-corrected chi connectivity index (χ0v) is 19.0. The van der Waals surface area contributed by atoms with E-state index in [1.165, 1.54) is 17.7 Å². The predicted molar refractivity (Wildman–Crippen MR) is 121 cm³/mol. The zero-order valence-electron chi connectivity index (χ0n) is 19.0. The summed E-state index contributed by atoms with van der Waals surface area (Å²) in [5.41, 5.74) is 2.06. The van der Waals surface area contributed by atoms with Crippen LogP contribution in [0.2, 0.25) is 0 Å². The molecule has 1 spiro atoms. The van der Waals surface area contributed by atoms with E-state index in [4.69, 9.17) is 4.84 Å². The van der Waals surface area contributed by atoms with E-state index < -0.39 is 17.3 Å². The number of hydrogen-bond donors (Lipinski definition) is 1. The summed E-state index contributed by atoms with van der Waals surface area (Å²) in [6.45, 7) is 7.45. The van der Waals surface area contributed by atoms with Crippen LogP contribution in [-0.4, -0.2) is 35.3 Å². The van der Waals surface area contributed by atoms with Gasteiger partial charge in [0, 0.05) is 38.0 Å². The number of piperidine rings is 1. The van der Waals surface area contributed by atoms with Crippen molar-refractivity contribution in [1.29, 1.82) is 0 Å². The number of likely N-dealkylation sites (tertiary alicyclic amines) is 1. The van der Waals surface area contributed by atoms with Crippen LogP contribution in [0.4, 0.5) is 23.7 Å². The third-order valence-electron chi connectivity index (χ3n) is 6.35. The molecule has 8 heteroatoms. The van der Waals surface area contributed by atoms with E-state index in [1.54, 1.807) is 4.90 Å². The van der Waals surface area contributed by atoms with Gasteiger partial charge in [0.25, 0.3) is 0 Å². The number of carbonyl (C=O) groups excluding carboxylic acids is 1. The van der Waals surface area contributed by atoms with Crippen molar-refractivity contribution >= 4 is 17.4 Å². The first-order chi connectivity index (χ1) is 15.5. The fourth-order valence-electron chi connectivity index (χ4n) is 4.17. The first kappa shape index (κ1) is 23.1. The highest BCUT2D eigenvalue weighted by Gasteiger charge is 2.43. The van der Waals surface area contributed by atoms with Crippen LogP contribution < -0.4 is 5.32 Å². The van der Waals surface area contributed by atoms with Crippen LogP contribution in [0, 0.1) is 0 Å². The van der Waals surface area contributed by atoms with Crippen LogP contribution in [0.1, 0.15) is 56.7 Å². The maximum absolute atomic E-state index is 12.8. The van der Waals surface area contributed by atoms with E-state index in [0.717, 1.165) is 17.8 Å². The molecule has 33 heavy (non-hydrogen) atoms. The Balaban J connectivity index is 1.31. The van der Waals surface area contributed by atoms with E-state index in [2.05, 4.69) is 31.2 Å². The van der Waals surface area contributed by atoms with Gasteiger partial charge in [-0.15, -0.1) is 0 Å². The Morgan fingerprint density at radius 3 is 2.09 bits per heavy atom. The van der Waals surface area contributed by atoms with Crippen LogP contribution in [-0.2, 0) is 16.4 Å². The van der Waals surface area contributed by atoms with Crippen LogP contribution in [0.15, 0.2) is 53.7 Å². The summed E-state index contributed by atoms with van der Waals surface area (Å²) in [4.78, 5) is 20.2. The second-order valence-corrected chi connectivity index (χ2v) is 9.81. The van der Waals surface area contributed by atoms with Gasteiger partial charge >= 0.3 is 12.2 Å². The van der Waals surface area contributed by atoms with Gasteiger partial charge in [0.1, 0.15) is 5.60 Å². The maximum atomic E-state index is 12.8. The molecule has 1 N–H and O–H groups in total. The maximum Gasteiger partial charge on any atom is 0.416 e. The van der Waals surface area contributed by atoms with Gasteiger partial charge in [-0.05, 0) is 40.8 Å². The van der Waals surface area contributed by atoms with Crippen molar-refractivity contribution in [3.63, 3.8) is 0 Å². The van der Waals surface area contributed by atoms with Gasteiger partial charge in [-0.25, -0.2) is 4.79 Å². The monoisotopic (exact) mass is 459 g/mol. The van der Waals surface area contributed by atoms with Crippen LogP contribution in [0.5, 0.6) is 0 Å². The first-order valence-electron chi connectivity index (χ1n) is 11.0. The average molecular weight is 460 g/mol. The number of oxime groups is 1. The first-order valence-corrected chi connectivity index (χ1v) is 11.0. The number of urea groups is 1. The smallest absolute Gasteiger partial charge is 0.388 e. The number of alkyl halides is 3. The SMILES string of the molecule is CC(C)(C)c1ccc(NC(=O)N2CCC3(CC2)CC(c2ccc(C(F)(F)F)cc2)=NO3)cc1. The molecule has 5 nitrogen and oxygen atoms in total. The van der Waals surface area contributed by atoms with E-state index in [-0.39, 0.29) is 11.4 Å². The molecule has 1 saturated heterocycles. The summed E-state index contributed by atoms with van der Waals surface area (Å²) in [7, 11) is 0. The molecule has 2 heterocycles. The van der Waals surface area contributed by atoms with Gasteiger partial charge in [-0.3, -0.25) is 0 Å². The molecule has 2 amide bonds. The van der Waals surface area contributed by atoms with Crippen molar-refractivity contribution in [3.05, 3.63) is 65.2 Å². The van der Waals surface area contributed by atoms with Gasteiger partial charge in [0.2, 0.25) is 0 Å². The number of rotatable bonds is 2. The minimum Gasteiger partial charge on any atom is -0.388 e. The molecule has 2 aromatic carbocycles. The van der Waals surface area contributed by atoms with Crippen LogP contribution >= 0.6 is 0 Å². The Bertz CT molecular complexity index is 1030. The lowest BCUT2D eigenvalue weighted by Gasteiger charge is -2.37. The van der Waals surface area contributed by atoms with Crippen LogP contribution in [0.3, 0.4) is 0 Å². The van der Waals surface area contributed by atoms with Crippen molar-refractivity contribution < 1.29 is 22.8 Å². The molecule has 1 fully saturated rings. The lowest BCUT2D eigenvalue weighted by atomic mass is 9.85. The highest BCUT2D eigenvalue weighted by molar-refractivity contribution is 6.01. The number of carbonyl (C=O) groups is 1. The summed E-state index contributed by atoms with van der Waals surface area (Å²) >= 11 is 0. The van der Waals surface area contributed by atoms with Gasteiger partial charge < -0.3 is 15.1 Å². The molecule has 0 aliphatic carbocycles. The van der Waals surface area contributed by atoms with Gasteiger partial charge in [0.05, 0.1) is 11.3 Å². The number of amides is 2. The highest BCUT2D eigenvalue weighted by atomic mass is 19.4. The molecule has 176 valence electrons. The number of hydrogen-bond acceptors (Lipinski definition) is 3. The summed E-state index contributed by atoms with van der Waals surface area (Å²) < 4.78 is 38.4. The Morgan fingerprint density at radius 2 is 1.55 bits per heavy atom. The van der Waals surface area contributed by atoms with Gasteiger partial charge in [-0.1, -0.05) is 50.2 Å². The molecule has 0 radical (unpaired) electrons. The standard InChI is InChI=1S/C25H28F3N3O2/c1-23(2,3)18-8-10-20(11-9-18)29-22(32)31-14-12-24(13-15-31)16-21(30-33-24)17-4-6-19(7-5-17)25(26,27)28/h4-11H,12-16H2,1-3H3,(H,29,32). The number of nitrogens with one attached hydrogen (secondary N) is 1. The fourth-order valence-corrected chi connectivity index (χ4v) is 4.17. The average Bonchev–Trinajstić information content (AvgIpc) is 3.17. The molecule has 0 saturated carbocycles. The molecule has 0 aromatic heterocycles. The molecule has 2 aliphatic heterocycles. The van der Waals surface area contributed by atoms with E-state index in [0.29, 0.717) is 43.6 Å². The molecule has 2 aliphatic rings. The Morgan fingerprint density at radius 1 is 0.970 bits per heavy atom. The van der Waals surface area contributed by atoms with Crippen molar-refractivity contribution in [1.82, 2.24) is 4.90 Å². The van der Waals surface area contributed by atoms with Gasteiger partial charge in [0.15, 0.2) is 0 Å². The number of halogens is 3. The lowest BCUT2D eigenvalue weighted by molar-refractivity contribution is -0.137. The summed E-state index contributed by atoms with van der Waals surface area (Å²) in [5.74, 6) is 0. The van der Waals surface area contributed by atoms with E-state index in [1.807, 2.05) is 24.3 Å². The normalized spacial score (nSPS) is 18.1. The summed E-state index contributed by atoms with van der Waals surface area (Å²) in [6.07, 6.45) is -2.63. The Labute approximate surface area is 191 Å². The second-order valence-electron chi connectivity index (χ2n) is 9.81. The van der Waals surface area contributed by atoms with Crippen molar-refractivity contribution in [2.75, 3.05) is 18.4 Å². The quantitative estimate of drug-likeness (QED) is 0.582. The highest BCUT2D eigenvalue weighted by Crippen LogP contribution is 2.37. The van der Waals surface area contributed by atoms with E-state index >= 15 is 0 Å². The molecule has 2 aromatic rings. The largest absolute Gasteiger partial charge is 0.416 e. The predicted octanol–water partition coefficient (Wildman–Crippen LogP) is 6.19. The lowest BCUT2D eigenvalue weighted by Crippen LogP contribution is -2.48. The zero-order chi connectivity index (χ0) is 23.9. The topological polar surface area (TPSA) is 53.9 Å². The Hall–Kier alpha value is -3.03. The summed E-state index contributed by atoms with van der Waals surface area (Å²) in [6, 6.07) is 12.7. The summed E-state index contributed by atoms with van der Waals surface area (Å²) in [5, 5.41) is 7.10. The minimum atomic E-state index is -4.37. The van der Waals surface area contributed by atoms with Crippen molar-refractivity contribution in [3.8, 4) is 0 Å². The van der Waals surface area contributed by atoms with Crippen molar-refractivity contribution in [2.24, 2.45) is 5.16 Å². The fraction of sp³-hybridized carbons (Fsp3) is 0.440. The third kappa shape index (κ3) is 5.15. The number of nitrogens with zero attached hydrogens (tertiary/aromatic N) is 2. The number of benzene rings is 2. The Kier molecular flexibility index (Phi) is 5.88. The number of anilines is 1. The second kappa shape index (κ2) is 8.39. The molecular formula is C25H28F3N3O2. The third-order valence-corrected chi connectivity index (χ3v) is 6.35. The van der Waals surface area contributed by atoms with Crippen molar-refractivity contribution in [2.45, 2.75) is 57.2 Å². The molecule has 4 rings (SSSR count). The van der Waals surface area contributed by atoms with Gasteiger partial charge in [-0.2, -0.15) is 13.2 Å².